The lowest BCUT2D eigenvalue weighted by Crippen LogP contribution is -2.78. The molecule has 0 N–H and O–H groups in total. The first-order chi connectivity index (χ1) is 36.4. The predicted molar refractivity (Wildman–Crippen MR) is 302 cm³/mol. The minimum Gasteiger partial charge on any atom is -0.309 e. The van der Waals surface area contributed by atoms with E-state index >= 15 is 0 Å². The van der Waals surface area contributed by atoms with Crippen LogP contribution in [0.25, 0.3) is 55.0 Å². The molecule has 0 amide bonds. The van der Waals surface area contributed by atoms with Crippen LogP contribution in [0.1, 0.15) is 5.48 Å². The highest BCUT2D eigenvalue weighted by atomic mass is 28.3. The number of nitrogens with zero attached hydrogens (tertiary/aromatic N) is 2. The lowest BCUT2D eigenvalue weighted by atomic mass is 10.1. The molecule has 0 unspecified atom stereocenters. The Bertz CT molecular complexity index is 3890. The van der Waals surface area contributed by atoms with Gasteiger partial charge in [0.1, 0.15) is 0 Å². The van der Waals surface area contributed by atoms with E-state index in [9.17, 15) is 2.74 Å². The zero-order valence-electron chi connectivity index (χ0n) is 42.3. The van der Waals surface area contributed by atoms with Crippen LogP contribution < -0.4 is 41.5 Å². The largest absolute Gasteiger partial charge is 0.309 e. The first-order valence-corrected chi connectivity index (χ1v) is 27.9. The Hall–Kier alpha value is -8.55. The van der Waals surface area contributed by atoms with Gasteiger partial charge in [-0.2, -0.15) is 0 Å². The van der Waals surface area contributed by atoms with Crippen molar-refractivity contribution in [3.8, 4) is 11.4 Å². The summed E-state index contributed by atoms with van der Waals surface area (Å²) in [5.74, 6) is 0. The van der Waals surface area contributed by atoms with Gasteiger partial charge in [0.2, 0.25) is 0 Å². The topological polar surface area (TPSA) is 9.86 Å². The minimum atomic E-state index is -3.20. The maximum absolute atomic E-state index is 9.44. The lowest BCUT2D eigenvalue weighted by molar-refractivity contribution is 1.17. The lowest BCUT2D eigenvalue weighted by Gasteiger charge is -2.38. The van der Waals surface area contributed by atoms with E-state index in [1.165, 1.54) is 41.5 Å². The van der Waals surface area contributed by atoms with E-state index in [4.69, 9.17) is 2.74 Å². The average Bonchev–Trinajstić information content (AvgIpc) is 4.09. The maximum atomic E-state index is 9.44. The Labute approximate surface area is 416 Å². The number of fused-ring (bicyclic) bond motifs is 6. The molecule has 2 aromatic heterocycles. The summed E-state index contributed by atoms with van der Waals surface area (Å²) in [6, 6.07) is 96.9. The summed E-state index contributed by atoms with van der Waals surface area (Å²) in [5.41, 5.74) is 5.16. The maximum Gasteiger partial charge on any atom is 0.179 e. The molecular weight excluding hydrogens is 877 g/mol. The molecule has 0 atom stereocenters. The van der Waals surface area contributed by atoms with Crippen molar-refractivity contribution in [1.82, 2.24) is 9.13 Å². The van der Waals surface area contributed by atoms with Gasteiger partial charge in [0.25, 0.3) is 0 Å². The highest BCUT2D eigenvalue weighted by Gasteiger charge is 2.46. The molecule has 4 heteroatoms. The second kappa shape index (κ2) is 17.2. The van der Waals surface area contributed by atoms with Crippen LogP contribution in [0.3, 0.4) is 0 Å². The third kappa shape index (κ3) is 6.38. The smallest absolute Gasteiger partial charge is 0.179 e. The summed E-state index contributed by atoms with van der Waals surface area (Å²) in [5, 5.41) is 13.5. The molecule has 0 bridgehead atoms. The third-order valence-electron chi connectivity index (χ3n) is 14.5. The van der Waals surface area contributed by atoms with Crippen molar-refractivity contribution in [3.63, 3.8) is 0 Å². The molecule has 13 rings (SSSR count). The van der Waals surface area contributed by atoms with Gasteiger partial charge in [-0.05, 0) is 83.9 Å². The summed E-state index contributed by atoms with van der Waals surface area (Å²) in [6.07, 6.45) is 0. The molecule has 0 aliphatic carbocycles. The highest BCUT2D eigenvalue weighted by Crippen LogP contribution is 2.40. The first-order valence-electron chi connectivity index (χ1n) is 25.9. The van der Waals surface area contributed by atoms with Gasteiger partial charge in [-0.1, -0.05) is 249 Å². The molecule has 0 saturated heterocycles. The molecule has 330 valence electrons. The van der Waals surface area contributed by atoms with Crippen molar-refractivity contribution < 1.29 is 5.48 Å². The zero-order valence-corrected chi connectivity index (χ0v) is 40.3. The Kier molecular flexibility index (Phi) is 9.20. The number of rotatable bonds is 10. The molecule has 13 aromatic rings. The molecule has 0 aliphatic heterocycles. The normalized spacial score (nSPS) is 12.8. The van der Waals surface area contributed by atoms with Crippen molar-refractivity contribution in [1.29, 1.82) is 0 Å². The number of hydrogen-bond acceptors (Lipinski definition) is 0. The summed E-state index contributed by atoms with van der Waals surface area (Å²) >= 11 is 0. The molecule has 11 aromatic carbocycles. The molecule has 0 spiro atoms. The summed E-state index contributed by atoms with van der Waals surface area (Å²) in [6.45, 7) is 0. The molecule has 0 radical (unpaired) electrons. The Morgan fingerprint density at radius 1 is 0.271 bits per heavy atom. The van der Waals surface area contributed by atoms with Crippen molar-refractivity contribution in [2.45, 2.75) is 0 Å². The second-order valence-corrected chi connectivity index (χ2v) is 25.7. The van der Waals surface area contributed by atoms with E-state index < -0.39 is 16.1 Å². The van der Waals surface area contributed by atoms with Crippen LogP contribution in [0, 0.1) is 0 Å². The van der Waals surface area contributed by atoms with Gasteiger partial charge in [-0.3, -0.25) is 0 Å². The van der Waals surface area contributed by atoms with Crippen LogP contribution >= 0.6 is 0 Å². The van der Waals surface area contributed by atoms with Crippen molar-refractivity contribution in [2.24, 2.45) is 0 Å². The Morgan fingerprint density at radius 3 is 1.10 bits per heavy atom. The van der Waals surface area contributed by atoms with E-state index in [2.05, 4.69) is 252 Å². The fourth-order valence-corrected chi connectivity index (χ4v) is 21.5. The number of para-hydroxylation sites is 3. The van der Waals surface area contributed by atoms with Crippen LogP contribution in [0.15, 0.2) is 291 Å². The first kappa shape index (κ1) is 37.4. The van der Waals surface area contributed by atoms with Crippen LogP contribution in [0.2, 0.25) is 0 Å². The molecule has 0 saturated carbocycles. The number of benzene rings is 11. The monoisotopic (exact) mass is 928 g/mol. The molecule has 0 aliphatic rings. The van der Waals surface area contributed by atoms with E-state index in [-0.39, 0.29) is 24.2 Å². The van der Waals surface area contributed by atoms with Gasteiger partial charge >= 0.3 is 0 Å². The minimum absolute atomic E-state index is 0.0410. The number of aromatic nitrogens is 2. The average molecular weight is 929 g/mol. The summed E-state index contributed by atoms with van der Waals surface area (Å²) < 4.78 is 40.8. The van der Waals surface area contributed by atoms with Crippen molar-refractivity contribution in [2.75, 3.05) is 0 Å². The van der Waals surface area contributed by atoms with Gasteiger partial charge in [0.05, 0.1) is 33.2 Å². The molecule has 0 fully saturated rings. The second-order valence-electron chi connectivity index (χ2n) is 18.1. The Morgan fingerprint density at radius 2 is 0.643 bits per heavy atom. The fourth-order valence-electron chi connectivity index (χ4n) is 11.7. The SMILES string of the molecule is [2H]c1c([2H])c([2H])c2c(c1[2H])c1ccccc1n2-c1cccc2c1c1ccccc1n2-c1cc([Si](c2ccccc2)(c2ccccc2)c2ccccc2)cc([Si](c2ccccc2)(c2ccccc2)c2ccccc2)c1. The predicted octanol–water partition coefficient (Wildman–Crippen LogP) is 10.6. The summed E-state index contributed by atoms with van der Waals surface area (Å²) in [4.78, 5) is 0. The van der Waals surface area contributed by atoms with Crippen molar-refractivity contribution in [3.05, 3.63) is 291 Å². The van der Waals surface area contributed by atoms with E-state index in [1.54, 1.807) is 0 Å². The van der Waals surface area contributed by atoms with Gasteiger partial charge in [-0.15, -0.1) is 0 Å². The van der Waals surface area contributed by atoms with E-state index in [0.717, 1.165) is 44.1 Å². The van der Waals surface area contributed by atoms with Gasteiger partial charge < -0.3 is 9.13 Å². The van der Waals surface area contributed by atoms with Crippen molar-refractivity contribution >= 4 is 101 Å². The Balaban J connectivity index is 1.23. The molecule has 2 nitrogen and oxygen atoms in total. The standard InChI is InChI=1S/C66H48N2Si2/c1-7-26-50(27-8-1)69(51-28-9-2-10-29-51,52-30-11-3-12-31-52)56-46-49(47-57(48-56)70(53-32-13-4-14-33-53,54-34-15-5-16-35-54)55-36-17-6-18-37-55)67-63-43-24-21-40-60(63)66-64(67)44-25-45-65(66)68-61-41-22-19-38-58(61)59-39-20-23-42-62(59)68/h1-48H/i19D,22D,38D,41D. The molecular formula is C66H48N2Si2. The van der Waals surface area contributed by atoms with Gasteiger partial charge in [0.15, 0.2) is 16.1 Å². The van der Waals surface area contributed by atoms with Gasteiger partial charge in [-0.25, -0.2) is 0 Å². The van der Waals surface area contributed by atoms with E-state index in [0.29, 0.717) is 10.9 Å². The van der Waals surface area contributed by atoms with Crippen LogP contribution in [-0.2, 0) is 0 Å². The fraction of sp³-hybridized carbons (Fsp3) is 0. The summed E-state index contributed by atoms with van der Waals surface area (Å²) in [7, 11) is -6.39. The van der Waals surface area contributed by atoms with Crippen LogP contribution in [0.5, 0.6) is 0 Å². The van der Waals surface area contributed by atoms with E-state index in [1.807, 2.05) is 24.3 Å². The highest BCUT2D eigenvalue weighted by molar-refractivity contribution is 7.22. The zero-order chi connectivity index (χ0) is 50.0. The van der Waals surface area contributed by atoms with Crippen LogP contribution in [0.4, 0.5) is 0 Å². The van der Waals surface area contributed by atoms with Gasteiger partial charge in [0, 0.05) is 27.2 Å². The molecule has 2 heterocycles. The quantitative estimate of drug-likeness (QED) is 0.0956. The van der Waals surface area contributed by atoms with Crippen LogP contribution in [-0.4, -0.2) is 25.3 Å². The molecule has 70 heavy (non-hydrogen) atoms. The third-order valence-corrected chi connectivity index (χ3v) is 24.0. The number of hydrogen-bond donors (Lipinski definition) is 0.